The second-order valence-electron chi connectivity index (χ2n) is 2.14. The molecule has 0 radical (unpaired) electrons. The Hall–Kier alpha value is -1.40. The summed E-state index contributed by atoms with van der Waals surface area (Å²) in [7, 11) is -3.13. The van der Waals surface area contributed by atoms with Gasteiger partial charge in [0.25, 0.3) is 0 Å². The number of carbonyl (C=O) groups excluding carboxylic acids is 2. The number of hydrogen-bond donors (Lipinski definition) is 4. The molecular weight excluding hydrogens is 267 g/mol. The van der Waals surface area contributed by atoms with E-state index in [-0.39, 0.29) is 29.6 Å². The van der Waals surface area contributed by atoms with Gasteiger partial charge in [-0.1, -0.05) is 35.9 Å². The number of benzene rings is 1. The molecule has 0 spiro atoms. The second-order valence-corrected chi connectivity index (χ2v) is 2.71. The molecule has 0 fully saturated rings. The summed E-state index contributed by atoms with van der Waals surface area (Å²) in [4.78, 5) is 31.0. The molecule has 1 aromatic rings. The van der Waals surface area contributed by atoms with Crippen molar-refractivity contribution >= 4 is 50.9 Å². The first-order valence-electron chi connectivity index (χ1n) is 3.97. The van der Waals surface area contributed by atoms with E-state index in [0.29, 0.717) is 0 Å². The summed E-state index contributed by atoms with van der Waals surface area (Å²) in [6, 6.07) is 10.3. The molecule has 1 aromatic carbocycles. The van der Waals surface area contributed by atoms with Crippen molar-refractivity contribution in [3.63, 3.8) is 0 Å². The first-order chi connectivity index (χ1) is 7.95. The predicted molar refractivity (Wildman–Crippen MR) is 66.0 cm³/mol. The van der Waals surface area contributed by atoms with Gasteiger partial charge < -0.3 is 9.59 Å². The van der Waals surface area contributed by atoms with Crippen LogP contribution in [0.5, 0.6) is 0 Å². The van der Waals surface area contributed by atoms with Crippen molar-refractivity contribution in [3.8, 4) is 0 Å². The summed E-state index contributed by atoms with van der Waals surface area (Å²) in [6.45, 7) is 2.08. The molecule has 0 heterocycles. The fourth-order valence-electron chi connectivity index (χ4n) is 0.534. The van der Waals surface area contributed by atoms with E-state index in [9.17, 15) is 0 Å². The maximum absolute atomic E-state index is 8.74. The molecule has 0 bridgehead atoms. The van der Waals surface area contributed by atoms with E-state index in [2.05, 4.69) is 19.1 Å². The van der Waals surface area contributed by atoms with Crippen molar-refractivity contribution in [2.75, 3.05) is 0 Å². The van der Waals surface area contributed by atoms with Crippen LogP contribution in [0.15, 0.2) is 30.3 Å². The molecule has 94 valence electrons. The number of isocyanates is 2. The zero-order valence-corrected chi connectivity index (χ0v) is 10.0. The molecule has 0 aliphatic heterocycles. The summed E-state index contributed by atoms with van der Waals surface area (Å²) >= 11 is 0. The third kappa shape index (κ3) is 62.0. The van der Waals surface area contributed by atoms with Crippen molar-refractivity contribution in [2.24, 2.45) is 0 Å². The van der Waals surface area contributed by atoms with Gasteiger partial charge in [0.2, 0.25) is 12.2 Å². The predicted octanol–water partition coefficient (Wildman–Crippen LogP) is -0.465. The fraction of sp³-hybridized carbons (Fsp3) is 0.111. The second kappa shape index (κ2) is 24.7. The molecule has 0 saturated heterocycles. The van der Waals surface area contributed by atoms with Crippen LogP contribution in [-0.4, -0.2) is 60.5 Å². The Labute approximate surface area is 128 Å². The Morgan fingerprint density at radius 1 is 1.06 bits per heavy atom. The summed E-state index contributed by atoms with van der Waals surface area (Å²) in [5.74, 6) is 0. The minimum atomic E-state index is -3.13. The molecular formula is C9H13N2NaO5Si. The molecule has 0 aliphatic rings. The summed E-state index contributed by atoms with van der Waals surface area (Å²) in [5.41, 5.74) is 1.32. The molecule has 0 amide bonds. The van der Waals surface area contributed by atoms with Crippen molar-refractivity contribution in [1.29, 1.82) is 10.8 Å². The zero-order chi connectivity index (χ0) is 14.1. The number of hydrogen-bond acceptors (Lipinski definition) is 5. The summed E-state index contributed by atoms with van der Waals surface area (Å²) in [6.07, 6.45) is 1.50. The van der Waals surface area contributed by atoms with Crippen LogP contribution >= 0.6 is 0 Å². The van der Waals surface area contributed by atoms with Gasteiger partial charge >= 0.3 is 38.7 Å². The monoisotopic (exact) mass is 280 g/mol. The number of aryl methyl sites for hydroxylation is 1. The van der Waals surface area contributed by atoms with E-state index in [0.717, 1.165) is 12.2 Å². The van der Waals surface area contributed by atoms with Crippen molar-refractivity contribution < 1.29 is 23.6 Å². The van der Waals surface area contributed by atoms with Crippen molar-refractivity contribution in [3.05, 3.63) is 35.9 Å². The molecule has 4 N–H and O–H groups in total. The summed E-state index contributed by atoms with van der Waals surface area (Å²) < 4.78 is 8.74. The van der Waals surface area contributed by atoms with Gasteiger partial charge in [0.05, 0.1) is 0 Å². The SMILES string of the molecule is Cc1ccccc1.N=C=O.N=C=O.O=[Si](O)O.[NaH]. The van der Waals surface area contributed by atoms with Crippen LogP contribution in [0.2, 0.25) is 0 Å². The standard InChI is InChI=1S/C7H8.2CHNO.Na.H2O3Si.H/c1-7-5-3-2-4-6-7;2*2-1-3;;1-4(2)3;/h2-6H,1H3;2*2H;;1-2H;. The van der Waals surface area contributed by atoms with Crippen molar-refractivity contribution in [2.45, 2.75) is 6.92 Å². The average Bonchev–Trinajstić information content (AvgIpc) is 2.20. The van der Waals surface area contributed by atoms with E-state index in [1.807, 2.05) is 18.2 Å². The van der Waals surface area contributed by atoms with Gasteiger partial charge in [0.1, 0.15) is 0 Å². The van der Waals surface area contributed by atoms with E-state index in [1.165, 1.54) is 5.56 Å². The average molecular weight is 280 g/mol. The van der Waals surface area contributed by atoms with Gasteiger partial charge in [0.15, 0.2) is 0 Å². The number of nitrogens with one attached hydrogen (secondary N) is 2. The Morgan fingerprint density at radius 2 is 1.28 bits per heavy atom. The Kier molecular flexibility index (Phi) is 34.9. The Balaban J connectivity index is -0.0000000782. The molecule has 7 nitrogen and oxygen atoms in total. The fourth-order valence-corrected chi connectivity index (χ4v) is 0.534. The van der Waals surface area contributed by atoms with Crippen LogP contribution in [0.1, 0.15) is 5.56 Å². The van der Waals surface area contributed by atoms with Crippen LogP contribution in [-0.2, 0) is 14.1 Å². The molecule has 0 saturated carbocycles. The van der Waals surface area contributed by atoms with Gasteiger partial charge in [-0.2, -0.15) is 0 Å². The quantitative estimate of drug-likeness (QED) is 0.289. The molecule has 0 aliphatic carbocycles. The number of rotatable bonds is 0. The third-order valence-corrected chi connectivity index (χ3v) is 0.940. The van der Waals surface area contributed by atoms with Crippen LogP contribution in [0.3, 0.4) is 0 Å². The normalized spacial score (nSPS) is 5.61. The molecule has 0 aromatic heterocycles. The van der Waals surface area contributed by atoms with Gasteiger partial charge in [0, 0.05) is 0 Å². The van der Waals surface area contributed by atoms with Gasteiger partial charge in [-0.3, -0.25) is 4.46 Å². The van der Waals surface area contributed by atoms with Crippen LogP contribution in [0, 0.1) is 17.7 Å². The molecule has 0 atom stereocenters. The maximum atomic E-state index is 8.74. The zero-order valence-electron chi connectivity index (χ0n) is 9.01. The molecule has 1 rings (SSSR count). The van der Waals surface area contributed by atoms with Crippen LogP contribution in [0.25, 0.3) is 0 Å². The van der Waals surface area contributed by atoms with Crippen LogP contribution in [0.4, 0.5) is 0 Å². The summed E-state index contributed by atoms with van der Waals surface area (Å²) in [5, 5.41) is 10.8. The Morgan fingerprint density at radius 3 is 1.39 bits per heavy atom. The van der Waals surface area contributed by atoms with E-state index < -0.39 is 9.17 Å². The third-order valence-electron chi connectivity index (χ3n) is 0.940. The topological polar surface area (TPSA) is 139 Å². The van der Waals surface area contributed by atoms with Crippen LogP contribution < -0.4 is 0 Å². The van der Waals surface area contributed by atoms with Gasteiger partial charge in [-0.15, -0.1) is 0 Å². The van der Waals surface area contributed by atoms with Gasteiger partial charge in [-0.25, -0.2) is 20.4 Å². The first kappa shape index (κ1) is 25.4. The van der Waals surface area contributed by atoms with E-state index in [4.69, 9.17) is 34.5 Å². The van der Waals surface area contributed by atoms with E-state index >= 15 is 0 Å². The van der Waals surface area contributed by atoms with Gasteiger partial charge in [-0.05, 0) is 6.92 Å². The first-order valence-corrected chi connectivity index (χ1v) is 5.27. The van der Waals surface area contributed by atoms with E-state index in [1.54, 1.807) is 0 Å². The minimum absolute atomic E-state index is 0. The molecule has 0 unspecified atom stereocenters. The molecule has 9 heteroatoms. The Bertz CT molecular complexity index is 346. The molecule has 18 heavy (non-hydrogen) atoms. The van der Waals surface area contributed by atoms with Crippen molar-refractivity contribution in [1.82, 2.24) is 0 Å².